The summed E-state index contributed by atoms with van der Waals surface area (Å²) in [4.78, 5) is 0. The van der Waals surface area contributed by atoms with E-state index in [-0.39, 0.29) is 5.41 Å². The summed E-state index contributed by atoms with van der Waals surface area (Å²) in [5, 5.41) is 11.0. The lowest BCUT2D eigenvalue weighted by molar-refractivity contribution is -0.146. The van der Waals surface area contributed by atoms with Crippen LogP contribution >= 0.6 is 11.8 Å². The first-order valence-electron chi connectivity index (χ1n) is 10.2. The average molecular weight is 335 g/mol. The van der Waals surface area contributed by atoms with Crippen molar-refractivity contribution in [2.75, 3.05) is 5.75 Å². The molecule has 1 aliphatic heterocycles. The van der Waals surface area contributed by atoms with Crippen molar-refractivity contribution in [3.63, 3.8) is 0 Å². The molecule has 5 rings (SSSR count). The number of aliphatic hydroxyl groups is 1. The minimum atomic E-state index is -0.415. The molecular weight excluding hydrogens is 300 g/mol. The van der Waals surface area contributed by atoms with E-state index in [1.165, 1.54) is 57.1 Å². The van der Waals surface area contributed by atoms with Crippen molar-refractivity contribution >= 4 is 11.8 Å². The quantitative estimate of drug-likeness (QED) is 0.609. The van der Waals surface area contributed by atoms with Crippen LogP contribution in [0, 0.1) is 34.5 Å². The van der Waals surface area contributed by atoms with Gasteiger partial charge in [-0.05, 0) is 99.2 Å². The van der Waals surface area contributed by atoms with Crippen molar-refractivity contribution in [3.05, 3.63) is 0 Å². The SMILES string of the molecule is C[C@]12CC[C@]3(CS3)C[C@@H]1CC[C@@H]1[C@H]3CC[C@](C)(O)[C@@]3(C)CC[C@@H]12. The average Bonchev–Trinajstić information content (AvgIpc) is 3.21. The predicted octanol–water partition coefficient (Wildman–Crippen LogP) is 5.27. The Morgan fingerprint density at radius 2 is 1.61 bits per heavy atom. The molecule has 8 atom stereocenters. The van der Waals surface area contributed by atoms with Gasteiger partial charge >= 0.3 is 0 Å². The summed E-state index contributed by atoms with van der Waals surface area (Å²) < 4.78 is 0.733. The van der Waals surface area contributed by atoms with Gasteiger partial charge in [0.05, 0.1) is 5.60 Å². The Hall–Kier alpha value is 0.310. The second kappa shape index (κ2) is 4.53. The maximum atomic E-state index is 11.0. The van der Waals surface area contributed by atoms with Gasteiger partial charge in [0.15, 0.2) is 0 Å². The van der Waals surface area contributed by atoms with Gasteiger partial charge in [0, 0.05) is 10.5 Å². The molecule has 0 aromatic rings. The van der Waals surface area contributed by atoms with Crippen LogP contribution in [0.2, 0.25) is 0 Å². The first kappa shape index (κ1) is 15.6. The summed E-state index contributed by atoms with van der Waals surface area (Å²) in [7, 11) is 0. The fourth-order valence-electron chi connectivity index (χ4n) is 7.92. The molecule has 1 saturated heterocycles. The zero-order valence-corrected chi connectivity index (χ0v) is 16.1. The molecule has 1 heterocycles. The van der Waals surface area contributed by atoms with Gasteiger partial charge in [-0.1, -0.05) is 13.8 Å². The lowest BCUT2D eigenvalue weighted by Crippen LogP contribution is -2.56. The van der Waals surface area contributed by atoms with E-state index in [4.69, 9.17) is 0 Å². The standard InChI is InChI=1S/C21H34OS/c1-18-10-11-21(13-23-21)12-14(18)4-5-15-16(18)6-8-19(2)17(15)7-9-20(19,3)22/h14-17,22H,4-13H2,1-3H3/t14-,15-,16-,17+,18-,19-,20-,21+/m0/s1. The highest BCUT2D eigenvalue weighted by Crippen LogP contribution is 2.71. The molecule has 0 aromatic carbocycles. The van der Waals surface area contributed by atoms with E-state index in [1.807, 2.05) is 0 Å². The van der Waals surface area contributed by atoms with Gasteiger partial charge in [0.2, 0.25) is 0 Å². The maximum Gasteiger partial charge on any atom is 0.0675 e. The van der Waals surface area contributed by atoms with E-state index in [2.05, 4.69) is 32.5 Å². The van der Waals surface area contributed by atoms with Crippen LogP contribution in [0.4, 0.5) is 0 Å². The third-order valence-corrected chi connectivity index (χ3v) is 11.4. The van der Waals surface area contributed by atoms with E-state index < -0.39 is 5.60 Å². The van der Waals surface area contributed by atoms with Gasteiger partial charge < -0.3 is 5.11 Å². The van der Waals surface area contributed by atoms with Gasteiger partial charge in [0.1, 0.15) is 0 Å². The Morgan fingerprint density at radius 3 is 2.35 bits per heavy atom. The Kier molecular flexibility index (Phi) is 3.06. The van der Waals surface area contributed by atoms with Crippen molar-refractivity contribution in [1.82, 2.24) is 0 Å². The molecule has 0 radical (unpaired) electrons. The lowest BCUT2D eigenvalue weighted by atomic mass is 9.44. The van der Waals surface area contributed by atoms with Gasteiger partial charge in [-0.25, -0.2) is 0 Å². The van der Waals surface area contributed by atoms with Crippen molar-refractivity contribution in [3.8, 4) is 0 Å². The van der Waals surface area contributed by atoms with Crippen LogP contribution in [0.5, 0.6) is 0 Å². The summed E-state index contributed by atoms with van der Waals surface area (Å²) in [6.07, 6.45) is 12.4. The Labute approximate surface area is 146 Å². The molecule has 4 saturated carbocycles. The molecular formula is C21H34OS. The van der Waals surface area contributed by atoms with E-state index in [9.17, 15) is 5.11 Å². The molecule has 0 aromatic heterocycles. The molecule has 0 bridgehead atoms. The fraction of sp³-hybridized carbons (Fsp3) is 1.00. The first-order chi connectivity index (χ1) is 10.8. The van der Waals surface area contributed by atoms with E-state index in [0.717, 1.165) is 34.8 Å². The van der Waals surface area contributed by atoms with E-state index >= 15 is 0 Å². The monoisotopic (exact) mass is 334 g/mol. The van der Waals surface area contributed by atoms with Crippen molar-refractivity contribution < 1.29 is 5.11 Å². The second-order valence-electron chi connectivity index (χ2n) is 10.6. The number of thioether (sulfide) groups is 1. The first-order valence-corrected chi connectivity index (χ1v) is 11.1. The molecule has 23 heavy (non-hydrogen) atoms. The van der Waals surface area contributed by atoms with Crippen LogP contribution in [0.15, 0.2) is 0 Å². The highest BCUT2D eigenvalue weighted by atomic mass is 32.2. The maximum absolute atomic E-state index is 11.0. The highest BCUT2D eigenvalue weighted by Gasteiger charge is 2.64. The van der Waals surface area contributed by atoms with Crippen LogP contribution < -0.4 is 0 Å². The van der Waals surface area contributed by atoms with Crippen molar-refractivity contribution in [2.24, 2.45) is 34.5 Å². The van der Waals surface area contributed by atoms with Crippen LogP contribution in [0.25, 0.3) is 0 Å². The topological polar surface area (TPSA) is 20.2 Å². The van der Waals surface area contributed by atoms with Crippen molar-refractivity contribution in [2.45, 2.75) is 88.9 Å². The Bertz CT molecular complexity index is 524. The smallest absolute Gasteiger partial charge is 0.0675 e. The molecule has 5 aliphatic rings. The number of rotatable bonds is 0. The fourth-order valence-corrected chi connectivity index (χ4v) is 8.95. The van der Waals surface area contributed by atoms with Crippen LogP contribution in [0.1, 0.15) is 78.6 Å². The van der Waals surface area contributed by atoms with Crippen molar-refractivity contribution in [1.29, 1.82) is 0 Å². The molecule has 4 aliphatic carbocycles. The number of fused-ring (bicyclic) bond motifs is 5. The molecule has 1 nitrogen and oxygen atoms in total. The molecule has 0 unspecified atom stereocenters. The third-order valence-electron chi connectivity index (χ3n) is 9.92. The third kappa shape index (κ3) is 1.92. The van der Waals surface area contributed by atoms with E-state index in [0.29, 0.717) is 5.41 Å². The molecule has 0 amide bonds. The number of hydrogen-bond acceptors (Lipinski definition) is 2. The summed E-state index contributed by atoms with van der Waals surface area (Å²) in [6, 6.07) is 0. The van der Waals surface area contributed by atoms with Gasteiger partial charge in [-0.15, -0.1) is 0 Å². The lowest BCUT2D eigenvalue weighted by Gasteiger charge is -2.61. The van der Waals surface area contributed by atoms with Crippen LogP contribution in [0.3, 0.4) is 0 Å². The van der Waals surface area contributed by atoms with Crippen LogP contribution in [-0.2, 0) is 0 Å². The molecule has 130 valence electrons. The molecule has 1 spiro atoms. The summed E-state index contributed by atoms with van der Waals surface area (Å²) >= 11 is 2.26. The Balaban J connectivity index is 1.45. The summed E-state index contributed by atoms with van der Waals surface area (Å²) in [5.74, 6) is 5.11. The zero-order chi connectivity index (χ0) is 16.1. The summed E-state index contributed by atoms with van der Waals surface area (Å²) in [5.41, 5.74) is 0.397. The normalized spacial score (nSPS) is 64.2. The minimum Gasteiger partial charge on any atom is -0.390 e. The Morgan fingerprint density at radius 1 is 0.870 bits per heavy atom. The largest absolute Gasteiger partial charge is 0.390 e. The molecule has 5 fully saturated rings. The molecule has 1 N–H and O–H groups in total. The number of hydrogen-bond donors (Lipinski definition) is 1. The van der Waals surface area contributed by atoms with Crippen LogP contribution in [-0.4, -0.2) is 21.2 Å². The molecule has 2 heteroatoms. The summed E-state index contributed by atoms with van der Waals surface area (Å²) in [6.45, 7) is 7.23. The van der Waals surface area contributed by atoms with Gasteiger partial charge in [-0.2, -0.15) is 11.8 Å². The highest BCUT2D eigenvalue weighted by molar-refractivity contribution is 8.07. The zero-order valence-electron chi connectivity index (χ0n) is 15.2. The van der Waals surface area contributed by atoms with Gasteiger partial charge in [-0.3, -0.25) is 0 Å². The predicted molar refractivity (Wildman–Crippen MR) is 97.5 cm³/mol. The van der Waals surface area contributed by atoms with Gasteiger partial charge in [0.25, 0.3) is 0 Å². The second-order valence-corrected chi connectivity index (χ2v) is 12.0. The minimum absolute atomic E-state index is 0.194. The van der Waals surface area contributed by atoms with E-state index in [1.54, 1.807) is 0 Å².